The predicted octanol–water partition coefficient (Wildman–Crippen LogP) is 2.77. The Balaban J connectivity index is 1.55. The van der Waals surface area contributed by atoms with Crippen LogP contribution in [-0.4, -0.2) is 19.2 Å². The second-order valence-electron chi connectivity index (χ2n) is 5.38. The fourth-order valence-corrected chi connectivity index (χ4v) is 2.51. The van der Waals surface area contributed by atoms with Gasteiger partial charge in [-0.1, -0.05) is 12.1 Å². The van der Waals surface area contributed by atoms with Gasteiger partial charge in [0.05, 0.1) is 6.10 Å². The molecule has 3 rings (SSSR count). The van der Waals surface area contributed by atoms with E-state index in [0.717, 1.165) is 11.7 Å². The van der Waals surface area contributed by atoms with Crippen molar-refractivity contribution < 1.29 is 4.74 Å². The average Bonchev–Trinajstić information content (AvgIpc) is 3.17. The van der Waals surface area contributed by atoms with Gasteiger partial charge in [-0.05, 0) is 68.8 Å². The maximum absolute atomic E-state index is 5.76. The van der Waals surface area contributed by atoms with E-state index < -0.39 is 0 Å². The first-order chi connectivity index (χ1) is 8.40. The fourth-order valence-electron chi connectivity index (χ4n) is 2.51. The molecule has 0 spiro atoms. The highest BCUT2D eigenvalue weighted by Crippen LogP contribution is 2.27. The highest BCUT2D eigenvalue weighted by atomic mass is 16.5. The molecule has 2 aliphatic rings. The van der Waals surface area contributed by atoms with Crippen molar-refractivity contribution in [1.29, 1.82) is 0 Å². The van der Waals surface area contributed by atoms with Crippen LogP contribution in [0.2, 0.25) is 0 Å². The molecule has 1 aromatic rings. The normalized spacial score (nSPS) is 24.6. The molecule has 1 unspecified atom stereocenters. The van der Waals surface area contributed by atoms with E-state index >= 15 is 0 Å². The SMILES string of the molecule is c1cc(OC2CC2)ccc1CC1CCCNC1. The van der Waals surface area contributed by atoms with Gasteiger partial charge in [-0.25, -0.2) is 0 Å². The third-order valence-corrected chi connectivity index (χ3v) is 3.67. The molecule has 1 saturated heterocycles. The predicted molar refractivity (Wildman–Crippen MR) is 69.4 cm³/mol. The van der Waals surface area contributed by atoms with E-state index in [2.05, 4.69) is 29.6 Å². The monoisotopic (exact) mass is 231 g/mol. The molecule has 0 bridgehead atoms. The minimum absolute atomic E-state index is 0.503. The van der Waals surface area contributed by atoms with Crippen molar-refractivity contribution in [2.75, 3.05) is 13.1 Å². The summed E-state index contributed by atoms with van der Waals surface area (Å²) in [6.07, 6.45) is 6.87. The smallest absolute Gasteiger partial charge is 0.119 e. The van der Waals surface area contributed by atoms with E-state index in [0.29, 0.717) is 6.10 Å². The standard InChI is InChI=1S/C15H21NO/c1-2-13(11-16-9-1)10-12-3-5-14(6-4-12)17-15-7-8-15/h3-6,13,15-16H,1-2,7-11H2. The van der Waals surface area contributed by atoms with E-state index in [9.17, 15) is 0 Å². The number of rotatable bonds is 4. The number of piperidine rings is 1. The van der Waals surface area contributed by atoms with Gasteiger partial charge in [0.2, 0.25) is 0 Å². The summed E-state index contributed by atoms with van der Waals surface area (Å²) in [4.78, 5) is 0. The summed E-state index contributed by atoms with van der Waals surface area (Å²) in [7, 11) is 0. The van der Waals surface area contributed by atoms with Crippen LogP contribution in [0.4, 0.5) is 0 Å². The number of benzene rings is 1. The van der Waals surface area contributed by atoms with Crippen molar-refractivity contribution in [2.24, 2.45) is 5.92 Å². The van der Waals surface area contributed by atoms with E-state index in [4.69, 9.17) is 4.74 Å². The Bertz CT molecular complexity index is 350. The first kappa shape index (κ1) is 11.1. The Morgan fingerprint density at radius 1 is 1.12 bits per heavy atom. The lowest BCUT2D eigenvalue weighted by Crippen LogP contribution is -2.30. The molecular formula is C15H21NO. The van der Waals surface area contributed by atoms with Crippen molar-refractivity contribution in [3.05, 3.63) is 29.8 Å². The van der Waals surface area contributed by atoms with Gasteiger partial charge in [-0.15, -0.1) is 0 Å². The molecule has 1 N–H and O–H groups in total. The highest BCUT2D eigenvalue weighted by Gasteiger charge is 2.23. The van der Waals surface area contributed by atoms with E-state index in [-0.39, 0.29) is 0 Å². The largest absolute Gasteiger partial charge is 0.490 e. The molecule has 1 heterocycles. The maximum Gasteiger partial charge on any atom is 0.119 e. The van der Waals surface area contributed by atoms with Crippen molar-refractivity contribution >= 4 is 0 Å². The van der Waals surface area contributed by atoms with Gasteiger partial charge in [0.15, 0.2) is 0 Å². The Labute approximate surface area is 103 Å². The molecular weight excluding hydrogens is 210 g/mol. The zero-order valence-electron chi connectivity index (χ0n) is 10.3. The molecule has 17 heavy (non-hydrogen) atoms. The maximum atomic E-state index is 5.76. The Hall–Kier alpha value is -1.02. The van der Waals surface area contributed by atoms with Gasteiger partial charge in [-0.3, -0.25) is 0 Å². The first-order valence-electron chi connectivity index (χ1n) is 6.86. The van der Waals surface area contributed by atoms with Crippen LogP contribution in [0.5, 0.6) is 5.75 Å². The molecule has 1 aromatic carbocycles. The van der Waals surface area contributed by atoms with Crippen LogP contribution in [0.1, 0.15) is 31.2 Å². The van der Waals surface area contributed by atoms with Crippen molar-refractivity contribution in [1.82, 2.24) is 5.32 Å². The number of hydrogen-bond donors (Lipinski definition) is 1. The van der Waals surface area contributed by atoms with Crippen LogP contribution in [0, 0.1) is 5.92 Å². The second-order valence-corrected chi connectivity index (χ2v) is 5.38. The van der Waals surface area contributed by atoms with E-state index in [1.54, 1.807) is 0 Å². The minimum Gasteiger partial charge on any atom is -0.490 e. The summed E-state index contributed by atoms with van der Waals surface area (Å²) in [5.74, 6) is 1.86. The van der Waals surface area contributed by atoms with Crippen LogP contribution >= 0.6 is 0 Å². The van der Waals surface area contributed by atoms with Crippen molar-refractivity contribution in [3.63, 3.8) is 0 Å². The van der Waals surface area contributed by atoms with Crippen LogP contribution in [-0.2, 0) is 6.42 Å². The number of ether oxygens (including phenoxy) is 1. The fraction of sp³-hybridized carbons (Fsp3) is 0.600. The molecule has 1 saturated carbocycles. The summed E-state index contributed by atoms with van der Waals surface area (Å²) >= 11 is 0. The van der Waals surface area contributed by atoms with Crippen LogP contribution < -0.4 is 10.1 Å². The summed E-state index contributed by atoms with van der Waals surface area (Å²) < 4.78 is 5.76. The van der Waals surface area contributed by atoms with E-state index in [1.807, 2.05) is 0 Å². The average molecular weight is 231 g/mol. The minimum atomic E-state index is 0.503. The molecule has 0 aromatic heterocycles. The third kappa shape index (κ3) is 3.22. The first-order valence-corrected chi connectivity index (χ1v) is 6.86. The molecule has 1 aliphatic heterocycles. The Morgan fingerprint density at radius 3 is 2.59 bits per heavy atom. The van der Waals surface area contributed by atoms with Gasteiger partial charge in [0.25, 0.3) is 0 Å². The molecule has 0 radical (unpaired) electrons. The molecule has 1 aliphatic carbocycles. The van der Waals surface area contributed by atoms with Crippen molar-refractivity contribution in [2.45, 2.75) is 38.2 Å². The lowest BCUT2D eigenvalue weighted by atomic mass is 9.92. The van der Waals surface area contributed by atoms with Gasteiger partial charge in [-0.2, -0.15) is 0 Å². The van der Waals surface area contributed by atoms with Gasteiger partial charge in [0.1, 0.15) is 5.75 Å². The quantitative estimate of drug-likeness (QED) is 0.860. The lowest BCUT2D eigenvalue weighted by Gasteiger charge is -2.22. The molecule has 2 heteroatoms. The van der Waals surface area contributed by atoms with Gasteiger partial charge in [0, 0.05) is 0 Å². The Morgan fingerprint density at radius 2 is 1.94 bits per heavy atom. The van der Waals surface area contributed by atoms with Crippen LogP contribution in [0.15, 0.2) is 24.3 Å². The highest BCUT2D eigenvalue weighted by molar-refractivity contribution is 5.28. The van der Waals surface area contributed by atoms with Gasteiger partial charge < -0.3 is 10.1 Å². The molecule has 2 fully saturated rings. The topological polar surface area (TPSA) is 21.3 Å². The van der Waals surface area contributed by atoms with Crippen LogP contribution in [0.25, 0.3) is 0 Å². The molecule has 2 nitrogen and oxygen atoms in total. The summed E-state index contributed by atoms with van der Waals surface area (Å²) in [5, 5.41) is 3.48. The number of nitrogens with one attached hydrogen (secondary N) is 1. The molecule has 0 amide bonds. The van der Waals surface area contributed by atoms with Crippen molar-refractivity contribution in [3.8, 4) is 5.75 Å². The number of hydrogen-bond acceptors (Lipinski definition) is 2. The second kappa shape index (κ2) is 5.09. The zero-order valence-corrected chi connectivity index (χ0v) is 10.3. The lowest BCUT2D eigenvalue weighted by molar-refractivity contribution is 0.303. The third-order valence-electron chi connectivity index (χ3n) is 3.67. The summed E-state index contributed by atoms with van der Waals surface area (Å²) in [6.45, 7) is 2.38. The van der Waals surface area contributed by atoms with Gasteiger partial charge >= 0.3 is 0 Å². The summed E-state index contributed by atoms with van der Waals surface area (Å²) in [5.41, 5.74) is 1.45. The Kier molecular flexibility index (Phi) is 3.32. The van der Waals surface area contributed by atoms with Crippen LogP contribution in [0.3, 0.4) is 0 Å². The molecule has 92 valence electrons. The van der Waals surface area contributed by atoms with E-state index in [1.165, 1.54) is 50.8 Å². The molecule has 1 atom stereocenters. The zero-order chi connectivity index (χ0) is 11.5. The summed E-state index contributed by atoms with van der Waals surface area (Å²) in [6, 6.07) is 8.71.